The van der Waals surface area contributed by atoms with Crippen LogP contribution in [0.25, 0.3) is 0 Å². The number of methoxy groups -OCH3 is 1. The van der Waals surface area contributed by atoms with Gasteiger partial charge in [0.1, 0.15) is 17.8 Å². The summed E-state index contributed by atoms with van der Waals surface area (Å²) in [6.07, 6.45) is 4.17. The molecular formula is C22H27Cl2N5O3. The number of carbonyl (C=O) groups is 1. The first kappa shape index (κ1) is 23.2. The quantitative estimate of drug-likeness (QED) is 0.654. The van der Waals surface area contributed by atoms with Crippen molar-refractivity contribution in [1.29, 1.82) is 0 Å². The number of carbonyl (C=O) groups excluding carboxylic acids is 1. The van der Waals surface area contributed by atoms with E-state index in [0.29, 0.717) is 47.3 Å². The van der Waals surface area contributed by atoms with E-state index in [9.17, 15) is 4.79 Å². The maximum absolute atomic E-state index is 13.0. The van der Waals surface area contributed by atoms with E-state index in [4.69, 9.17) is 32.7 Å². The van der Waals surface area contributed by atoms with E-state index in [1.807, 2.05) is 4.90 Å². The van der Waals surface area contributed by atoms with Crippen LogP contribution in [-0.2, 0) is 9.47 Å². The van der Waals surface area contributed by atoms with Crippen molar-refractivity contribution in [2.24, 2.45) is 0 Å². The number of anilines is 2. The van der Waals surface area contributed by atoms with Crippen molar-refractivity contribution < 1.29 is 14.3 Å². The second kappa shape index (κ2) is 10.8. The Morgan fingerprint density at radius 2 is 1.97 bits per heavy atom. The number of likely N-dealkylation sites (tertiary alicyclic amines) is 1. The summed E-state index contributed by atoms with van der Waals surface area (Å²) in [5.41, 5.74) is 1.09. The van der Waals surface area contributed by atoms with Gasteiger partial charge in [0.15, 0.2) is 0 Å². The molecule has 2 saturated heterocycles. The zero-order valence-corrected chi connectivity index (χ0v) is 19.4. The lowest BCUT2D eigenvalue weighted by Crippen LogP contribution is -2.54. The Hall–Kier alpha value is -1.97. The maximum atomic E-state index is 13.0. The van der Waals surface area contributed by atoms with Gasteiger partial charge < -0.3 is 25.0 Å². The lowest BCUT2D eigenvalue weighted by Gasteiger charge is -2.38. The Morgan fingerprint density at radius 3 is 2.72 bits per heavy atom. The zero-order valence-electron chi connectivity index (χ0n) is 17.9. The summed E-state index contributed by atoms with van der Waals surface area (Å²) in [7, 11) is 1.72. The number of halogens is 2. The van der Waals surface area contributed by atoms with Crippen molar-refractivity contribution in [3.05, 3.63) is 46.3 Å². The van der Waals surface area contributed by atoms with Crippen LogP contribution in [0.4, 0.5) is 11.5 Å². The summed E-state index contributed by atoms with van der Waals surface area (Å²) >= 11 is 12.0. The van der Waals surface area contributed by atoms with Crippen LogP contribution in [0, 0.1) is 0 Å². The molecule has 0 saturated carbocycles. The van der Waals surface area contributed by atoms with Crippen molar-refractivity contribution in [1.82, 2.24) is 20.2 Å². The molecular weight excluding hydrogens is 453 g/mol. The number of ether oxygens (including phenoxy) is 2. The highest BCUT2D eigenvalue weighted by Crippen LogP contribution is 2.26. The fourth-order valence-corrected chi connectivity index (χ4v) is 4.41. The first-order valence-electron chi connectivity index (χ1n) is 10.7. The molecule has 2 unspecified atom stereocenters. The molecule has 0 aliphatic carbocycles. The van der Waals surface area contributed by atoms with E-state index in [1.54, 1.807) is 31.4 Å². The predicted molar refractivity (Wildman–Crippen MR) is 124 cm³/mol. The minimum absolute atomic E-state index is 0.0749. The molecule has 4 rings (SSSR count). The Labute approximate surface area is 197 Å². The Morgan fingerprint density at radius 1 is 1.16 bits per heavy atom. The molecule has 32 heavy (non-hydrogen) atoms. The topological polar surface area (TPSA) is 88.6 Å². The van der Waals surface area contributed by atoms with Crippen LogP contribution < -0.4 is 10.6 Å². The van der Waals surface area contributed by atoms with E-state index in [-0.39, 0.29) is 18.1 Å². The number of hydrogen-bond donors (Lipinski definition) is 2. The highest BCUT2D eigenvalue weighted by molar-refractivity contribution is 6.42. The average Bonchev–Trinajstić information content (AvgIpc) is 2.82. The molecule has 10 heteroatoms. The predicted octanol–water partition coefficient (Wildman–Crippen LogP) is 3.53. The zero-order chi connectivity index (χ0) is 22.5. The number of rotatable bonds is 6. The molecule has 0 radical (unpaired) electrons. The van der Waals surface area contributed by atoms with E-state index < -0.39 is 0 Å². The molecule has 2 aromatic rings. The maximum Gasteiger partial charge on any atom is 0.272 e. The molecule has 172 valence electrons. The molecule has 2 atom stereocenters. The summed E-state index contributed by atoms with van der Waals surface area (Å²) in [4.78, 5) is 23.3. The third-order valence-corrected chi connectivity index (χ3v) is 6.66. The number of nitrogens with one attached hydrogen (secondary N) is 2. The van der Waals surface area contributed by atoms with Crippen LogP contribution >= 0.6 is 23.2 Å². The number of benzene rings is 1. The fraction of sp³-hybridized carbons (Fsp3) is 0.500. The molecule has 1 aromatic heterocycles. The van der Waals surface area contributed by atoms with Gasteiger partial charge in [0.2, 0.25) is 0 Å². The van der Waals surface area contributed by atoms with Crippen molar-refractivity contribution in [2.45, 2.75) is 37.5 Å². The number of piperidine rings is 1. The van der Waals surface area contributed by atoms with E-state index in [1.165, 1.54) is 6.33 Å². The molecule has 2 aliphatic heterocycles. The van der Waals surface area contributed by atoms with Crippen molar-refractivity contribution in [3.8, 4) is 0 Å². The third-order valence-electron chi connectivity index (χ3n) is 5.92. The summed E-state index contributed by atoms with van der Waals surface area (Å²) in [5.74, 6) is 0.423. The van der Waals surface area contributed by atoms with Crippen LogP contribution in [0.3, 0.4) is 0 Å². The molecule has 2 aliphatic rings. The second-order valence-electron chi connectivity index (χ2n) is 8.02. The summed E-state index contributed by atoms with van der Waals surface area (Å²) in [5, 5.41) is 7.76. The van der Waals surface area contributed by atoms with Crippen molar-refractivity contribution in [3.63, 3.8) is 0 Å². The summed E-state index contributed by atoms with van der Waals surface area (Å²) in [6.45, 7) is 2.73. The number of amides is 1. The van der Waals surface area contributed by atoms with Gasteiger partial charge >= 0.3 is 0 Å². The molecule has 0 spiro atoms. The minimum atomic E-state index is -0.0936. The van der Waals surface area contributed by atoms with Crippen molar-refractivity contribution in [2.75, 3.05) is 38.7 Å². The van der Waals surface area contributed by atoms with Crippen LogP contribution in [-0.4, -0.2) is 72.4 Å². The van der Waals surface area contributed by atoms with Gasteiger partial charge in [-0.1, -0.05) is 23.2 Å². The molecule has 2 N–H and O–H groups in total. The standard InChI is InChI=1S/C22H27Cl2N5O3/c1-31-20-12-32-9-6-18(20)27-14-4-7-29(8-5-14)22(30)19-11-21(26-13-25-19)28-15-2-3-16(23)17(24)10-15/h2-3,10-11,13-14,18,20,27H,4-9,12H2,1H3,(H,25,26,28). The molecule has 1 amide bonds. The van der Waals surface area contributed by atoms with E-state index in [2.05, 4.69) is 20.6 Å². The van der Waals surface area contributed by atoms with Gasteiger partial charge in [-0.2, -0.15) is 0 Å². The summed E-state index contributed by atoms with van der Waals surface area (Å²) < 4.78 is 11.0. The SMILES string of the molecule is COC1COCCC1NC1CCN(C(=O)c2cc(Nc3ccc(Cl)c(Cl)c3)ncn2)CC1. The van der Waals surface area contributed by atoms with Gasteiger partial charge in [0.05, 0.1) is 22.8 Å². The molecule has 1 aromatic carbocycles. The smallest absolute Gasteiger partial charge is 0.272 e. The Kier molecular flexibility index (Phi) is 7.80. The van der Waals surface area contributed by atoms with Gasteiger partial charge in [0.25, 0.3) is 5.91 Å². The first-order valence-corrected chi connectivity index (χ1v) is 11.5. The minimum Gasteiger partial charge on any atom is -0.379 e. The van der Waals surface area contributed by atoms with Crippen LogP contribution in [0.5, 0.6) is 0 Å². The van der Waals surface area contributed by atoms with Crippen LogP contribution in [0.1, 0.15) is 29.8 Å². The van der Waals surface area contributed by atoms with Gasteiger partial charge in [-0.05, 0) is 37.5 Å². The van der Waals surface area contributed by atoms with Crippen LogP contribution in [0.2, 0.25) is 10.0 Å². The lowest BCUT2D eigenvalue weighted by molar-refractivity contribution is -0.0533. The molecule has 8 nitrogen and oxygen atoms in total. The van der Waals surface area contributed by atoms with E-state index in [0.717, 1.165) is 31.6 Å². The monoisotopic (exact) mass is 479 g/mol. The highest BCUT2D eigenvalue weighted by atomic mass is 35.5. The summed E-state index contributed by atoms with van der Waals surface area (Å²) in [6, 6.07) is 7.50. The van der Waals surface area contributed by atoms with E-state index >= 15 is 0 Å². The number of aromatic nitrogens is 2. The Balaban J connectivity index is 1.33. The Bertz CT molecular complexity index is 940. The van der Waals surface area contributed by atoms with Crippen LogP contribution in [0.15, 0.2) is 30.6 Å². The number of nitrogens with zero attached hydrogens (tertiary/aromatic N) is 3. The largest absolute Gasteiger partial charge is 0.379 e. The fourth-order valence-electron chi connectivity index (χ4n) is 4.11. The molecule has 3 heterocycles. The molecule has 0 bridgehead atoms. The van der Waals surface area contributed by atoms with Gasteiger partial charge in [0, 0.05) is 50.6 Å². The van der Waals surface area contributed by atoms with Gasteiger partial charge in [-0.3, -0.25) is 4.79 Å². The second-order valence-corrected chi connectivity index (χ2v) is 8.83. The third kappa shape index (κ3) is 5.68. The van der Waals surface area contributed by atoms with Crippen molar-refractivity contribution >= 4 is 40.6 Å². The molecule has 2 fully saturated rings. The lowest BCUT2D eigenvalue weighted by atomic mass is 9.99. The highest BCUT2D eigenvalue weighted by Gasteiger charge is 2.30. The number of hydrogen-bond acceptors (Lipinski definition) is 7. The first-order chi connectivity index (χ1) is 15.5. The van der Waals surface area contributed by atoms with Gasteiger partial charge in [-0.15, -0.1) is 0 Å². The average molecular weight is 480 g/mol. The normalized spacial score (nSPS) is 22.0. The van der Waals surface area contributed by atoms with Gasteiger partial charge in [-0.25, -0.2) is 9.97 Å².